The Morgan fingerprint density at radius 2 is 2.13 bits per heavy atom. The van der Waals surface area contributed by atoms with E-state index < -0.39 is 11.2 Å². The molecule has 3 rings (SSSR count). The molecule has 0 bridgehead atoms. The number of carbonyl (C=O) groups excluding carboxylic acids is 1. The minimum atomic E-state index is -0.940. The highest BCUT2D eigenvalue weighted by atomic mass is 32.2. The lowest BCUT2D eigenvalue weighted by atomic mass is 10.1. The van der Waals surface area contributed by atoms with Crippen LogP contribution in [0.1, 0.15) is 34.8 Å². The number of hydrogen-bond donors (Lipinski definition) is 3. The number of carbonyl (C=O) groups is 2. The predicted molar refractivity (Wildman–Crippen MR) is 125 cm³/mol. The van der Waals surface area contributed by atoms with Crippen molar-refractivity contribution in [1.82, 2.24) is 10.3 Å². The Bertz CT molecular complexity index is 974. The Labute approximate surface area is 189 Å². The van der Waals surface area contributed by atoms with Crippen molar-refractivity contribution in [2.75, 3.05) is 25.0 Å². The Hall–Kier alpha value is -2.59. The molecule has 1 unspecified atom stereocenters. The fraction of sp³-hybridized carbons (Fsp3) is 0.429. The molecule has 1 aromatic carbocycles. The van der Waals surface area contributed by atoms with Gasteiger partial charge >= 0.3 is 5.97 Å². The van der Waals surface area contributed by atoms with Crippen LogP contribution in [0, 0.1) is 12.8 Å². The van der Waals surface area contributed by atoms with Gasteiger partial charge in [0.1, 0.15) is 11.0 Å². The van der Waals surface area contributed by atoms with Crippen LogP contribution in [0.3, 0.4) is 0 Å². The van der Waals surface area contributed by atoms with E-state index in [2.05, 4.69) is 34.5 Å². The Morgan fingerprint density at radius 3 is 2.77 bits per heavy atom. The van der Waals surface area contributed by atoms with E-state index in [-0.39, 0.29) is 12.5 Å². The number of aromatic nitrogens is 1. The molecule has 0 saturated heterocycles. The number of amidine groups is 1. The van der Waals surface area contributed by atoms with Gasteiger partial charge in [0.25, 0.3) is 5.91 Å². The van der Waals surface area contributed by atoms with Crippen LogP contribution < -0.4 is 15.4 Å². The Balaban J connectivity index is 1.69. The average Bonchev–Trinajstić information content (AvgIpc) is 3.35. The van der Waals surface area contributed by atoms with Gasteiger partial charge in [-0.3, -0.25) is 14.6 Å². The number of nitrogens with one attached hydrogen (secondary N) is 2. The van der Waals surface area contributed by atoms with Crippen LogP contribution in [-0.4, -0.2) is 52.1 Å². The SMILES string of the molecule is Cc1ncsc1CCOc1cc(NCC(C)C)cc(C(=O)NC2=NCC(C(=O)O)S2)c1. The van der Waals surface area contributed by atoms with Gasteiger partial charge in [0.05, 0.1) is 24.4 Å². The fourth-order valence-electron chi connectivity index (χ4n) is 2.81. The summed E-state index contributed by atoms with van der Waals surface area (Å²) < 4.78 is 5.94. The fourth-order valence-corrected chi connectivity index (χ4v) is 4.39. The zero-order valence-corrected chi connectivity index (χ0v) is 19.3. The van der Waals surface area contributed by atoms with E-state index >= 15 is 0 Å². The topological polar surface area (TPSA) is 113 Å². The van der Waals surface area contributed by atoms with Crippen molar-refractivity contribution in [3.05, 3.63) is 39.8 Å². The number of thioether (sulfide) groups is 1. The number of anilines is 1. The molecular formula is C21H26N4O4S2. The summed E-state index contributed by atoms with van der Waals surface area (Å²) in [6.07, 6.45) is 0.742. The first-order valence-corrected chi connectivity index (χ1v) is 11.7. The first-order valence-electron chi connectivity index (χ1n) is 9.97. The first-order chi connectivity index (χ1) is 14.8. The van der Waals surface area contributed by atoms with Gasteiger partial charge in [0.15, 0.2) is 5.17 Å². The number of aryl methyl sites for hydroxylation is 1. The number of hydrogen-bond acceptors (Lipinski definition) is 8. The van der Waals surface area contributed by atoms with Crippen molar-refractivity contribution in [3.8, 4) is 5.75 Å². The lowest BCUT2D eigenvalue weighted by Gasteiger charge is -2.14. The normalized spacial score (nSPS) is 15.6. The summed E-state index contributed by atoms with van der Waals surface area (Å²) in [6, 6.07) is 5.32. The first kappa shape index (κ1) is 23.1. The van der Waals surface area contributed by atoms with E-state index in [0.29, 0.717) is 29.0 Å². The molecule has 1 aliphatic rings. The number of aliphatic imine (C=N–C) groups is 1. The summed E-state index contributed by atoms with van der Waals surface area (Å²) in [5.74, 6) is -0.266. The standard InChI is InChI=1S/C21H26N4O4S2/c1-12(2)9-22-15-6-14(19(26)25-21-23-10-18(31-21)20(27)28)7-16(8-15)29-5-4-17-13(3)24-11-30-17/h6-8,11-12,18,22H,4-5,9-10H2,1-3H3,(H,27,28)(H,23,25,26). The van der Waals surface area contributed by atoms with Gasteiger partial charge in [0, 0.05) is 35.2 Å². The maximum absolute atomic E-state index is 12.8. The number of benzene rings is 1. The van der Waals surface area contributed by atoms with Crippen LogP contribution in [0.4, 0.5) is 5.69 Å². The minimum Gasteiger partial charge on any atom is -0.493 e. The molecule has 31 heavy (non-hydrogen) atoms. The average molecular weight is 463 g/mol. The van der Waals surface area contributed by atoms with E-state index in [1.54, 1.807) is 23.5 Å². The molecule has 8 nitrogen and oxygen atoms in total. The molecule has 0 radical (unpaired) electrons. The molecule has 0 saturated carbocycles. The molecular weight excluding hydrogens is 436 g/mol. The highest BCUT2D eigenvalue weighted by Crippen LogP contribution is 2.24. The van der Waals surface area contributed by atoms with Crippen LogP contribution >= 0.6 is 23.1 Å². The maximum atomic E-state index is 12.8. The molecule has 1 atom stereocenters. The van der Waals surface area contributed by atoms with Gasteiger partial charge in [-0.1, -0.05) is 25.6 Å². The number of nitrogens with zero attached hydrogens (tertiary/aromatic N) is 2. The van der Waals surface area contributed by atoms with Crippen molar-refractivity contribution in [2.45, 2.75) is 32.4 Å². The number of ether oxygens (including phenoxy) is 1. The Morgan fingerprint density at radius 1 is 1.32 bits per heavy atom. The van der Waals surface area contributed by atoms with Gasteiger partial charge < -0.3 is 20.5 Å². The van der Waals surface area contributed by atoms with Gasteiger partial charge in [-0.25, -0.2) is 4.98 Å². The third kappa shape index (κ3) is 6.70. The number of carboxylic acids is 1. The lowest BCUT2D eigenvalue weighted by molar-refractivity contribution is -0.136. The maximum Gasteiger partial charge on any atom is 0.319 e. The third-order valence-corrected chi connectivity index (χ3v) is 6.56. The number of aliphatic carboxylic acids is 1. The summed E-state index contributed by atoms with van der Waals surface area (Å²) in [7, 11) is 0. The molecule has 1 aliphatic heterocycles. The van der Waals surface area contributed by atoms with Crippen LogP contribution in [0.2, 0.25) is 0 Å². The van der Waals surface area contributed by atoms with Crippen molar-refractivity contribution in [2.24, 2.45) is 10.9 Å². The molecule has 3 N–H and O–H groups in total. The monoisotopic (exact) mass is 462 g/mol. The summed E-state index contributed by atoms with van der Waals surface area (Å²) >= 11 is 2.65. The minimum absolute atomic E-state index is 0.150. The molecule has 0 fully saturated rings. The zero-order chi connectivity index (χ0) is 22.4. The second kappa shape index (κ2) is 10.6. The van der Waals surface area contributed by atoms with E-state index in [9.17, 15) is 9.59 Å². The smallest absolute Gasteiger partial charge is 0.319 e. The predicted octanol–water partition coefficient (Wildman–Crippen LogP) is 3.43. The quantitative estimate of drug-likeness (QED) is 0.523. The lowest BCUT2D eigenvalue weighted by Crippen LogP contribution is -2.28. The van der Waals surface area contributed by atoms with Gasteiger partial charge in [-0.15, -0.1) is 11.3 Å². The molecule has 2 heterocycles. The van der Waals surface area contributed by atoms with Crippen LogP contribution in [0.15, 0.2) is 28.7 Å². The number of thiazole rings is 1. The van der Waals surface area contributed by atoms with E-state index in [4.69, 9.17) is 9.84 Å². The summed E-state index contributed by atoms with van der Waals surface area (Å²) in [4.78, 5) is 33.4. The number of amides is 1. The van der Waals surface area contributed by atoms with Crippen molar-refractivity contribution in [1.29, 1.82) is 0 Å². The molecule has 10 heteroatoms. The third-order valence-electron chi connectivity index (χ3n) is 4.48. The van der Waals surface area contributed by atoms with Gasteiger partial charge in [-0.2, -0.15) is 0 Å². The van der Waals surface area contributed by atoms with Crippen molar-refractivity contribution < 1.29 is 19.4 Å². The largest absolute Gasteiger partial charge is 0.493 e. The summed E-state index contributed by atoms with van der Waals surface area (Å²) in [5.41, 5.74) is 4.03. The van der Waals surface area contributed by atoms with Crippen LogP contribution in [-0.2, 0) is 11.2 Å². The molecule has 166 valence electrons. The number of carboxylic acid groups (broad SMARTS) is 1. The number of rotatable bonds is 9. The van der Waals surface area contributed by atoms with E-state index in [1.165, 1.54) is 4.88 Å². The molecule has 0 spiro atoms. The zero-order valence-electron chi connectivity index (χ0n) is 17.7. The summed E-state index contributed by atoms with van der Waals surface area (Å²) in [6.45, 7) is 7.56. The molecule has 0 aliphatic carbocycles. The van der Waals surface area contributed by atoms with Crippen LogP contribution in [0.25, 0.3) is 0 Å². The molecule has 1 amide bonds. The van der Waals surface area contributed by atoms with Crippen LogP contribution in [0.5, 0.6) is 5.75 Å². The van der Waals surface area contributed by atoms with E-state index in [1.807, 2.05) is 18.5 Å². The van der Waals surface area contributed by atoms with Crippen molar-refractivity contribution >= 4 is 45.8 Å². The van der Waals surface area contributed by atoms with Gasteiger partial charge in [-0.05, 0) is 25.0 Å². The van der Waals surface area contributed by atoms with Crippen molar-refractivity contribution in [3.63, 3.8) is 0 Å². The second-order valence-corrected chi connectivity index (χ2v) is 9.66. The van der Waals surface area contributed by atoms with Gasteiger partial charge in [0.2, 0.25) is 0 Å². The molecule has 2 aromatic rings. The second-order valence-electron chi connectivity index (χ2n) is 7.52. The molecule has 1 aromatic heterocycles. The van der Waals surface area contributed by atoms with E-state index in [0.717, 1.165) is 36.1 Å². The summed E-state index contributed by atoms with van der Waals surface area (Å²) in [5, 5.41) is 14.8. The highest BCUT2D eigenvalue weighted by molar-refractivity contribution is 8.15. The highest BCUT2D eigenvalue weighted by Gasteiger charge is 2.27. The Kier molecular flexibility index (Phi) is 7.91.